The van der Waals surface area contributed by atoms with E-state index in [0.29, 0.717) is 32.6 Å². The first-order valence-corrected chi connectivity index (χ1v) is 10.2. The van der Waals surface area contributed by atoms with Crippen molar-refractivity contribution in [1.29, 1.82) is 0 Å². The van der Waals surface area contributed by atoms with Crippen molar-refractivity contribution in [3.8, 4) is 0 Å². The fourth-order valence-corrected chi connectivity index (χ4v) is 5.36. The Kier molecular flexibility index (Phi) is 5.13. The summed E-state index contributed by atoms with van der Waals surface area (Å²) in [7, 11) is -2.90. The molecule has 2 heterocycles. The van der Waals surface area contributed by atoms with Gasteiger partial charge in [0.1, 0.15) is 5.82 Å². The standard InChI is InChI=1S/C16H20ClFN2O3S/c17-14-2-1-3-15(18)13(14)10-16(21)20-7-5-19(6-8-20)12-4-9-24(22,23)11-12/h1-3,12H,4-11H2/t12-/m1/s1. The van der Waals surface area contributed by atoms with Crippen molar-refractivity contribution < 1.29 is 17.6 Å². The topological polar surface area (TPSA) is 57.7 Å². The van der Waals surface area contributed by atoms with Crippen LogP contribution in [-0.4, -0.2) is 67.9 Å². The van der Waals surface area contributed by atoms with Crippen LogP contribution in [0.5, 0.6) is 0 Å². The summed E-state index contributed by atoms with van der Waals surface area (Å²) in [6, 6.07) is 4.45. The molecule has 0 aromatic heterocycles. The first-order chi connectivity index (χ1) is 11.4. The van der Waals surface area contributed by atoms with Gasteiger partial charge in [-0.05, 0) is 18.6 Å². The lowest BCUT2D eigenvalue weighted by Crippen LogP contribution is -2.52. The number of hydrogen-bond donors (Lipinski definition) is 0. The largest absolute Gasteiger partial charge is 0.340 e. The van der Waals surface area contributed by atoms with Gasteiger partial charge in [0.2, 0.25) is 5.91 Å². The van der Waals surface area contributed by atoms with Crippen molar-refractivity contribution in [3.05, 3.63) is 34.6 Å². The molecule has 5 nitrogen and oxygen atoms in total. The number of amides is 1. The third kappa shape index (κ3) is 3.90. The molecule has 2 fully saturated rings. The van der Waals surface area contributed by atoms with Crippen molar-refractivity contribution in [2.75, 3.05) is 37.7 Å². The molecule has 0 radical (unpaired) electrons. The summed E-state index contributed by atoms with van der Waals surface area (Å²) in [6.07, 6.45) is 0.616. The molecule has 132 valence electrons. The van der Waals surface area contributed by atoms with E-state index in [4.69, 9.17) is 11.6 Å². The van der Waals surface area contributed by atoms with Crippen molar-refractivity contribution in [2.45, 2.75) is 18.9 Å². The van der Waals surface area contributed by atoms with E-state index in [1.807, 2.05) is 0 Å². The van der Waals surface area contributed by atoms with E-state index >= 15 is 0 Å². The Hall–Kier alpha value is -1.18. The summed E-state index contributed by atoms with van der Waals surface area (Å²) in [5.41, 5.74) is 0.230. The SMILES string of the molecule is O=C(Cc1c(F)cccc1Cl)N1CCN([C@@H]2CCS(=O)(=O)C2)CC1. The second-order valence-electron chi connectivity index (χ2n) is 6.35. The smallest absolute Gasteiger partial charge is 0.227 e. The molecule has 1 aromatic carbocycles. The minimum Gasteiger partial charge on any atom is -0.340 e. The van der Waals surface area contributed by atoms with Gasteiger partial charge in [0, 0.05) is 42.8 Å². The van der Waals surface area contributed by atoms with Gasteiger partial charge in [0.15, 0.2) is 9.84 Å². The molecule has 1 atom stereocenters. The third-order valence-electron chi connectivity index (χ3n) is 4.78. The molecule has 1 amide bonds. The predicted octanol–water partition coefficient (Wildman–Crippen LogP) is 1.35. The van der Waals surface area contributed by atoms with E-state index in [-0.39, 0.29) is 40.5 Å². The molecule has 8 heteroatoms. The quantitative estimate of drug-likeness (QED) is 0.801. The number of rotatable bonds is 3. The summed E-state index contributed by atoms with van der Waals surface area (Å²) in [5, 5.41) is 0.262. The highest BCUT2D eigenvalue weighted by molar-refractivity contribution is 7.91. The third-order valence-corrected chi connectivity index (χ3v) is 6.89. The highest BCUT2D eigenvalue weighted by atomic mass is 35.5. The van der Waals surface area contributed by atoms with Crippen molar-refractivity contribution in [3.63, 3.8) is 0 Å². The average Bonchev–Trinajstić information content (AvgIpc) is 2.91. The maximum absolute atomic E-state index is 13.8. The average molecular weight is 375 g/mol. The fraction of sp³-hybridized carbons (Fsp3) is 0.562. The van der Waals surface area contributed by atoms with Gasteiger partial charge in [0.05, 0.1) is 17.9 Å². The van der Waals surface area contributed by atoms with Gasteiger partial charge in [0.25, 0.3) is 0 Å². The van der Waals surface area contributed by atoms with Gasteiger partial charge >= 0.3 is 0 Å². The minimum absolute atomic E-state index is 0.0523. The maximum Gasteiger partial charge on any atom is 0.227 e. The Morgan fingerprint density at radius 2 is 1.96 bits per heavy atom. The van der Waals surface area contributed by atoms with E-state index < -0.39 is 15.7 Å². The Bertz CT molecular complexity index is 713. The molecular formula is C16H20ClFN2O3S. The van der Waals surface area contributed by atoms with E-state index in [0.717, 1.165) is 0 Å². The highest BCUT2D eigenvalue weighted by Crippen LogP contribution is 2.22. The van der Waals surface area contributed by atoms with Crippen LogP contribution in [0.2, 0.25) is 5.02 Å². The summed E-state index contributed by atoms with van der Waals surface area (Å²) < 4.78 is 37.0. The van der Waals surface area contributed by atoms with Crippen LogP contribution in [0.1, 0.15) is 12.0 Å². The van der Waals surface area contributed by atoms with Gasteiger partial charge in [-0.25, -0.2) is 12.8 Å². The van der Waals surface area contributed by atoms with Crippen LogP contribution in [0.4, 0.5) is 4.39 Å². The lowest BCUT2D eigenvalue weighted by Gasteiger charge is -2.37. The molecule has 0 spiro atoms. The number of benzene rings is 1. The molecule has 0 aliphatic carbocycles. The molecule has 2 aliphatic rings. The fourth-order valence-electron chi connectivity index (χ4n) is 3.36. The van der Waals surface area contributed by atoms with Crippen LogP contribution in [0, 0.1) is 5.82 Å². The highest BCUT2D eigenvalue weighted by Gasteiger charge is 2.34. The Balaban J connectivity index is 1.56. The molecule has 0 saturated carbocycles. The number of carbonyl (C=O) groups is 1. The van der Waals surface area contributed by atoms with Crippen LogP contribution in [0.3, 0.4) is 0 Å². The van der Waals surface area contributed by atoms with Gasteiger partial charge in [-0.15, -0.1) is 0 Å². The Morgan fingerprint density at radius 1 is 1.25 bits per heavy atom. The summed E-state index contributed by atoms with van der Waals surface area (Å²) >= 11 is 5.97. The van der Waals surface area contributed by atoms with Crippen molar-refractivity contribution in [2.24, 2.45) is 0 Å². The van der Waals surface area contributed by atoms with Gasteiger partial charge in [-0.3, -0.25) is 9.69 Å². The van der Waals surface area contributed by atoms with Crippen LogP contribution in [0.15, 0.2) is 18.2 Å². The molecule has 0 N–H and O–H groups in total. The zero-order chi connectivity index (χ0) is 17.3. The van der Waals surface area contributed by atoms with Crippen molar-refractivity contribution in [1.82, 2.24) is 9.80 Å². The van der Waals surface area contributed by atoms with Crippen LogP contribution < -0.4 is 0 Å². The first-order valence-electron chi connectivity index (χ1n) is 8.01. The second-order valence-corrected chi connectivity index (χ2v) is 8.99. The molecule has 3 rings (SSSR count). The number of hydrogen-bond acceptors (Lipinski definition) is 4. The van der Waals surface area contributed by atoms with Gasteiger partial charge in [-0.2, -0.15) is 0 Å². The van der Waals surface area contributed by atoms with Gasteiger partial charge < -0.3 is 4.90 Å². The molecule has 24 heavy (non-hydrogen) atoms. The monoisotopic (exact) mass is 374 g/mol. The Labute approximate surface area is 146 Å². The molecule has 2 aliphatic heterocycles. The summed E-state index contributed by atoms with van der Waals surface area (Å²) in [5.74, 6) is -0.152. The first kappa shape index (κ1) is 17.6. The minimum atomic E-state index is -2.90. The lowest BCUT2D eigenvalue weighted by molar-refractivity contribution is -0.132. The van der Waals surface area contributed by atoms with Crippen LogP contribution in [-0.2, 0) is 21.1 Å². The van der Waals surface area contributed by atoms with Crippen molar-refractivity contribution >= 4 is 27.3 Å². The molecule has 1 aromatic rings. The normalized spacial score (nSPS) is 24.2. The second kappa shape index (κ2) is 6.98. The molecular weight excluding hydrogens is 355 g/mol. The number of sulfone groups is 1. The molecule has 0 unspecified atom stereocenters. The maximum atomic E-state index is 13.8. The zero-order valence-corrected chi connectivity index (χ0v) is 14.8. The van der Waals surface area contributed by atoms with E-state index in [2.05, 4.69) is 4.90 Å². The molecule has 0 bridgehead atoms. The van der Waals surface area contributed by atoms with Crippen LogP contribution >= 0.6 is 11.6 Å². The summed E-state index contributed by atoms with van der Waals surface area (Å²) in [6.45, 7) is 2.36. The van der Waals surface area contributed by atoms with Gasteiger partial charge in [-0.1, -0.05) is 17.7 Å². The summed E-state index contributed by atoms with van der Waals surface area (Å²) in [4.78, 5) is 16.2. The van der Waals surface area contributed by atoms with E-state index in [1.54, 1.807) is 11.0 Å². The number of carbonyl (C=O) groups excluding carboxylic acids is 1. The number of piperazine rings is 1. The van der Waals surface area contributed by atoms with E-state index in [1.165, 1.54) is 12.1 Å². The van der Waals surface area contributed by atoms with Crippen LogP contribution in [0.25, 0.3) is 0 Å². The Morgan fingerprint density at radius 3 is 2.54 bits per heavy atom. The predicted molar refractivity (Wildman–Crippen MR) is 90.3 cm³/mol. The molecule has 2 saturated heterocycles. The lowest BCUT2D eigenvalue weighted by atomic mass is 10.1. The number of halogens is 2. The van der Waals surface area contributed by atoms with E-state index in [9.17, 15) is 17.6 Å². The zero-order valence-electron chi connectivity index (χ0n) is 13.2. The number of nitrogens with zero attached hydrogens (tertiary/aromatic N) is 2.